The summed E-state index contributed by atoms with van der Waals surface area (Å²) in [7, 11) is 1.41. The molecule has 0 aliphatic carbocycles. The minimum Gasteiger partial charge on any atom is -0.469 e. The molecule has 1 aliphatic rings. The number of carbonyl (C=O) groups is 2. The van der Waals surface area contributed by atoms with Gasteiger partial charge in [-0.05, 0) is 33.1 Å². The van der Waals surface area contributed by atoms with Crippen molar-refractivity contribution in [1.29, 1.82) is 0 Å². The Hall–Kier alpha value is -1.14. The van der Waals surface area contributed by atoms with E-state index < -0.39 is 0 Å². The molecule has 0 N–H and O–H groups in total. The third-order valence-electron chi connectivity index (χ3n) is 4.13. The van der Waals surface area contributed by atoms with Crippen LogP contribution >= 0.6 is 0 Å². The Bertz CT molecular complexity index is 361. The van der Waals surface area contributed by atoms with E-state index in [0.717, 1.165) is 45.2 Å². The van der Waals surface area contributed by atoms with Gasteiger partial charge >= 0.3 is 5.97 Å². The molecule has 0 aromatic carbocycles. The van der Waals surface area contributed by atoms with Crippen LogP contribution in [0, 0.1) is 5.92 Å². The lowest BCUT2D eigenvalue weighted by atomic mass is 10.1. The summed E-state index contributed by atoms with van der Waals surface area (Å²) in [4.78, 5) is 25.2. The maximum Gasteiger partial charge on any atom is 0.305 e. The molecule has 23 heavy (non-hydrogen) atoms. The minimum absolute atomic E-state index is 0.0303. The summed E-state index contributed by atoms with van der Waals surface area (Å²) in [5, 5.41) is 0. The first-order valence-electron chi connectivity index (χ1n) is 8.67. The Balaban J connectivity index is 2.10. The lowest BCUT2D eigenvalue weighted by Crippen LogP contribution is -2.30. The number of rotatable bonds is 12. The molecular weight excluding hydrogens is 298 g/mol. The zero-order valence-electron chi connectivity index (χ0n) is 14.7. The van der Waals surface area contributed by atoms with E-state index in [1.165, 1.54) is 7.11 Å². The van der Waals surface area contributed by atoms with Gasteiger partial charge in [0.1, 0.15) is 0 Å². The normalized spacial score (nSPS) is 19.2. The minimum atomic E-state index is -0.253. The van der Waals surface area contributed by atoms with E-state index in [9.17, 15) is 9.59 Å². The van der Waals surface area contributed by atoms with Crippen molar-refractivity contribution in [2.24, 2.45) is 5.92 Å². The molecule has 2 atom stereocenters. The second kappa shape index (κ2) is 11.4. The van der Waals surface area contributed by atoms with Gasteiger partial charge in [0, 0.05) is 26.1 Å². The first-order valence-corrected chi connectivity index (χ1v) is 8.67. The van der Waals surface area contributed by atoms with Crippen molar-refractivity contribution in [1.82, 2.24) is 4.90 Å². The largest absolute Gasteiger partial charge is 0.469 e. The highest BCUT2D eigenvalue weighted by Gasteiger charge is 2.31. The molecule has 0 saturated carbocycles. The Morgan fingerprint density at radius 3 is 2.70 bits per heavy atom. The molecule has 0 bridgehead atoms. The standard InChI is InChI=1S/C17H31NO5/c1-4-22-14(2)23-13-15-10-12-18(17(15)20)11-8-6-5-7-9-16(19)21-3/h14-15H,4-13H2,1-3H3. The summed E-state index contributed by atoms with van der Waals surface area (Å²) in [6, 6.07) is 0. The van der Waals surface area contributed by atoms with E-state index in [1.54, 1.807) is 0 Å². The number of unbranched alkanes of at least 4 members (excludes halogenated alkanes) is 3. The second-order valence-electron chi connectivity index (χ2n) is 5.91. The molecule has 0 aromatic heterocycles. The molecule has 0 spiro atoms. The number of hydrogen-bond acceptors (Lipinski definition) is 5. The number of carbonyl (C=O) groups excluding carboxylic acids is 2. The van der Waals surface area contributed by atoms with E-state index in [1.807, 2.05) is 18.7 Å². The van der Waals surface area contributed by atoms with Gasteiger partial charge in [0.25, 0.3) is 0 Å². The average Bonchev–Trinajstić information content (AvgIpc) is 2.89. The van der Waals surface area contributed by atoms with Crippen LogP contribution in [0.15, 0.2) is 0 Å². The van der Waals surface area contributed by atoms with Crippen molar-refractivity contribution in [3.63, 3.8) is 0 Å². The third-order valence-corrected chi connectivity index (χ3v) is 4.13. The molecule has 6 nitrogen and oxygen atoms in total. The molecule has 1 rings (SSSR count). The zero-order valence-corrected chi connectivity index (χ0v) is 14.7. The van der Waals surface area contributed by atoms with Crippen LogP contribution < -0.4 is 0 Å². The van der Waals surface area contributed by atoms with Crippen LogP contribution in [0.5, 0.6) is 0 Å². The number of amides is 1. The van der Waals surface area contributed by atoms with Gasteiger partial charge in [-0.25, -0.2) is 0 Å². The van der Waals surface area contributed by atoms with Crippen molar-refractivity contribution in [3.8, 4) is 0 Å². The summed E-state index contributed by atoms with van der Waals surface area (Å²) in [5.74, 6) is 0.0179. The van der Waals surface area contributed by atoms with Crippen LogP contribution in [0.4, 0.5) is 0 Å². The third kappa shape index (κ3) is 7.79. The molecular formula is C17H31NO5. The number of hydrogen-bond donors (Lipinski definition) is 0. The summed E-state index contributed by atoms with van der Waals surface area (Å²) >= 11 is 0. The summed E-state index contributed by atoms with van der Waals surface area (Å²) in [6.45, 7) is 6.45. The van der Waals surface area contributed by atoms with Crippen molar-refractivity contribution in [2.75, 3.05) is 33.4 Å². The molecule has 6 heteroatoms. The Morgan fingerprint density at radius 2 is 2.00 bits per heavy atom. The summed E-state index contributed by atoms with van der Waals surface area (Å²) in [5.41, 5.74) is 0. The molecule has 0 radical (unpaired) electrons. The number of nitrogens with zero attached hydrogens (tertiary/aromatic N) is 1. The van der Waals surface area contributed by atoms with Crippen molar-refractivity contribution >= 4 is 11.9 Å². The van der Waals surface area contributed by atoms with Gasteiger partial charge in [-0.1, -0.05) is 12.8 Å². The SMILES string of the molecule is CCOC(C)OCC1CCN(CCCCCCC(=O)OC)C1=O. The molecule has 1 amide bonds. The molecule has 0 aromatic rings. The molecule has 1 aliphatic heterocycles. The average molecular weight is 329 g/mol. The molecule has 134 valence electrons. The molecule has 1 saturated heterocycles. The first kappa shape index (κ1) is 19.9. The van der Waals surface area contributed by atoms with Gasteiger partial charge in [0.2, 0.25) is 5.91 Å². The fraction of sp³-hybridized carbons (Fsp3) is 0.882. The van der Waals surface area contributed by atoms with Gasteiger partial charge in [-0.15, -0.1) is 0 Å². The van der Waals surface area contributed by atoms with E-state index in [2.05, 4.69) is 4.74 Å². The highest BCUT2D eigenvalue weighted by atomic mass is 16.7. The molecule has 1 heterocycles. The monoisotopic (exact) mass is 329 g/mol. The van der Waals surface area contributed by atoms with Crippen molar-refractivity contribution < 1.29 is 23.8 Å². The zero-order chi connectivity index (χ0) is 17.1. The van der Waals surface area contributed by atoms with E-state index in [4.69, 9.17) is 9.47 Å². The fourth-order valence-corrected chi connectivity index (χ4v) is 2.74. The van der Waals surface area contributed by atoms with Gasteiger partial charge < -0.3 is 19.1 Å². The predicted octanol–water partition coefficient (Wildman–Crippen LogP) is 2.36. The van der Waals surface area contributed by atoms with Gasteiger partial charge in [0.05, 0.1) is 19.6 Å². The maximum atomic E-state index is 12.3. The van der Waals surface area contributed by atoms with Crippen LogP contribution in [0.25, 0.3) is 0 Å². The topological polar surface area (TPSA) is 65.1 Å². The predicted molar refractivity (Wildman–Crippen MR) is 86.8 cm³/mol. The van der Waals surface area contributed by atoms with Crippen LogP contribution in [0.2, 0.25) is 0 Å². The number of esters is 1. The van der Waals surface area contributed by atoms with Gasteiger partial charge in [0.15, 0.2) is 6.29 Å². The smallest absolute Gasteiger partial charge is 0.305 e. The second-order valence-corrected chi connectivity index (χ2v) is 5.91. The molecule has 2 unspecified atom stereocenters. The fourth-order valence-electron chi connectivity index (χ4n) is 2.74. The number of likely N-dealkylation sites (tertiary alicyclic amines) is 1. The van der Waals surface area contributed by atoms with E-state index in [-0.39, 0.29) is 24.1 Å². The van der Waals surface area contributed by atoms with Crippen LogP contribution in [-0.2, 0) is 23.8 Å². The Morgan fingerprint density at radius 1 is 1.26 bits per heavy atom. The summed E-state index contributed by atoms with van der Waals surface area (Å²) < 4.78 is 15.5. The van der Waals surface area contributed by atoms with Crippen molar-refractivity contribution in [3.05, 3.63) is 0 Å². The van der Waals surface area contributed by atoms with Crippen LogP contribution in [0.1, 0.15) is 52.4 Å². The number of methoxy groups -OCH3 is 1. The van der Waals surface area contributed by atoms with Crippen molar-refractivity contribution in [2.45, 2.75) is 58.7 Å². The lowest BCUT2D eigenvalue weighted by Gasteiger charge is -2.18. The van der Waals surface area contributed by atoms with E-state index >= 15 is 0 Å². The lowest BCUT2D eigenvalue weighted by molar-refractivity contribution is -0.147. The van der Waals surface area contributed by atoms with Crippen LogP contribution in [0.3, 0.4) is 0 Å². The quantitative estimate of drug-likeness (QED) is 0.312. The van der Waals surface area contributed by atoms with Gasteiger partial charge in [-0.3, -0.25) is 9.59 Å². The molecule has 1 fully saturated rings. The maximum absolute atomic E-state index is 12.3. The van der Waals surface area contributed by atoms with Gasteiger partial charge in [-0.2, -0.15) is 0 Å². The highest BCUT2D eigenvalue weighted by Crippen LogP contribution is 2.20. The van der Waals surface area contributed by atoms with E-state index in [0.29, 0.717) is 19.6 Å². The Kier molecular flexibility index (Phi) is 9.87. The first-order chi connectivity index (χ1) is 11.1. The summed E-state index contributed by atoms with van der Waals surface area (Å²) in [6.07, 6.45) is 4.95. The van der Waals surface area contributed by atoms with Crippen LogP contribution in [-0.4, -0.2) is 56.5 Å². The Labute approximate surface area is 139 Å². The highest BCUT2D eigenvalue weighted by molar-refractivity contribution is 5.80. The number of ether oxygens (including phenoxy) is 3.